The quantitative estimate of drug-likeness (QED) is 0.647. The van der Waals surface area contributed by atoms with Crippen LogP contribution < -0.4 is 5.73 Å². The molecule has 0 saturated carbocycles. The molecule has 0 aromatic heterocycles. The van der Waals surface area contributed by atoms with Crippen LogP contribution in [-0.4, -0.2) is 30.5 Å². The van der Waals surface area contributed by atoms with Crippen molar-refractivity contribution in [3.63, 3.8) is 0 Å². The van der Waals surface area contributed by atoms with Crippen LogP contribution in [0.4, 0.5) is 0 Å². The van der Waals surface area contributed by atoms with E-state index in [1.165, 1.54) is 0 Å². The summed E-state index contributed by atoms with van der Waals surface area (Å²) >= 11 is 6.07. The molecule has 0 unspecified atom stereocenters. The zero-order valence-electron chi connectivity index (χ0n) is 10.5. The van der Waals surface area contributed by atoms with Crippen LogP contribution in [0.3, 0.4) is 0 Å². The number of nitrogens with two attached hydrogens (primary N) is 1. The Labute approximate surface area is 108 Å². The minimum Gasteiger partial charge on any atom is -0.370 e. The Morgan fingerprint density at radius 3 is 2.53 bits per heavy atom. The van der Waals surface area contributed by atoms with Crippen LogP contribution in [0.5, 0.6) is 0 Å². The lowest BCUT2D eigenvalue weighted by Gasteiger charge is -2.19. The third-order valence-corrected chi connectivity index (χ3v) is 3.07. The molecule has 94 valence electrons. The molecule has 1 aromatic rings. The van der Waals surface area contributed by atoms with Crippen molar-refractivity contribution < 1.29 is 0 Å². The van der Waals surface area contributed by atoms with E-state index in [9.17, 15) is 0 Å². The van der Waals surface area contributed by atoms with E-state index in [1.807, 2.05) is 29.2 Å². The second-order valence-corrected chi connectivity index (χ2v) is 4.16. The smallest absolute Gasteiger partial charge is 0.191 e. The maximum atomic E-state index is 6.07. The van der Waals surface area contributed by atoms with E-state index in [0.717, 1.165) is 30.1 Å². The first kappa shape index (κ1) is 13.8. The summed E-state index contributed by atoms with van der Waals surface area (Å²) in [4.78, 5) is 6.40. The number of rotatable bonds is 5. The third kappa shape index (κ3) is 4.27. The van der Waals surface area contributed by atoms with E-state index in [0.29, 0.717) is 12.5 Å². The van der Waals surface area contributed by atoms with Crippen molar-refractivity contribution in [1.82, 2.24) is 4.90 Å². The number of benzene rings is 1. The Morgan fingerprint density at radius 2 is 1.94 bits per heavy atom. The fourth-order valence-electron chi connectivity index (χ4n) is 1.64. The fraction of sp³-hybridized carbons (Fsp3) is 0.462. The third-order valence-electron chi connectivity index (χ3n) is 2.70. The Bertz CT molecular complexity index is 373. The number of halogens is 1. The molecule has 0 bridgehead atoms. The van der Waals surface area contributed by atoms with E-state index in [4.69, 9.17) is 17.3 Å². The molecule has 0 amide bonds. The molecule has 0 saturated heterocycles. The Kier molecular flexibility index (Phi) is 5.84. The summed E-state index contributed by atoms with van der Waals surface area (Å²) in [5.74, 6) is 0.613. The summed E-state index contributed by atoms with van der Waals surface area (Å²) in [7, 11) is 0. The summed E-state index contributed by atoms with van der Waals surface area (Å²) in [5, 5.41) is 0.795. The highest BCUT2D eigenvalue weighted by Crippen LogP contribution is 2.15. The number of hydrogen-bond acceptors (Lipinski definition) is 1. The Balaban J connectivity index is 2.52. The van der Waals surface area contributed by atoms with Gasteiger partial charge in [-0.1, -0.05) is 29.8 Å². The van der Waals surface area contributed by atoms with Gasteiger partial charge in [-0.05, 0) is 31.9 Å². The summed E-state index contributed by atoms with van der Waals surface area (Å²) in [6.07, 6.45) is 0.821. The number of nitrogens with zero attached hydrogens (tertiary/aromatic N) is 2. The van der Waals surface area contributed by atoms with E-state index >= 15 is 0 Å². The molecular formula is C13H20ClN3. The van der Waals surface area contributed by atoms with Crippen LogP contribution in [0.2, 0.25) is 5.02 Å². The zero-order chi connectivity index (χ0) is 12.7. The van der Waals surface area contributed by atoms with Gasteiger partial charge in [0.2, 0.25) is 0 Å². The predicted molar refractivity (Wildman–Crippen MR) is 74.6 cm³/mol. The van der Waals surface area contributed by atoms with Gasteiger partial charge < -0.3 is 10.6 Å². The normalized spacial score (nSPS) is 11.6. The second kappa shape index (κ2) is 7.17. The van der Waals surface area contributed by atoms with Gasteiger partial charge in [-0.3, -0.25) is 4.99 Å². The highest BCUT2D eigenvalue weighted by Gasteiger charge is 2.02. The van der Waals surface area contributed by atoms with Gasteiger partial charge in [0, 0.05) is 24.7 Å². The number of guanidine groups is 1. The van der Waals surface area contributed by atoms with Crippen molar-refractivity contribution in [2.24, 2.45) is 10.7 Å². The standard InChI is InChI=1S/C13H20ClN3/c1-3-17(4-2)13(15)16-10-9-11-7-5-6-8-12(11)14/h5-8H,3-4,9-10H2,1-2H3,(H2,15,16). The van der Waals surface area contributed by atoms with E-state index in [-0.39, 0.29) is 0 Å². The van der Waals surface area contributed by atoms with Crippen molar-refractivity contribution in [2.75, 3.05) is 19.6 Å². The predicted octanol–water partition coefficient (Wildman–Crippen LogP) is 2.54. The first-order valence-electron chi connectivity index (χ1n) is 5.97. The molecule has 17 heavy (non-hydrogen) atoms. The number of hydrogen-bond donors (Lipinski definition) is 1. The SMILES string of the molecule is CCN(CC)C(N)=NCCc1ccccc1Cl. The molecule has 0 spiro atoms. The van der Waals surface area contributed by atoms with E-state index < -0.39 is 0 Å². The summed E-state index contributed by atoms with van der Waals surface area (Å²) in [6, 6.07) is 7.83. The molecule has 4 heteroatoms. The highest BCUT2D eigenvalue weighted by molar-refractivity contribution is 6.31. The average molecular weight is 254 g/mol. The molecule has 0 radical (unpaired) electrons. The maximum Gasteiger partial charge on any atom is 0.191 e. The minimum absolute atomic E-state index is 0.613. The Hall–Kier alpha value is -1.22. The van der Waals surface area contributed by atoms with Crippen molar-refractivity contribution in [1.29, 1.82) is 0 Å². The molecule has 1 aromatic carbocycles. The van der Waals surface area contributed by atoms with Crippen LogP contribution in [0.1, 0.15) is 19.4 Å². The van der Waals surface area contributed by atoms with Gasteiger partial charge in [-0.2, -0.15) is 0 Å². The van der Waals surface area contributed by atoms with Crippen molar-refractivity contribution in [3.05, 3.63) is 34.9 Å². The lowest BCUT2D eigenvalue weighted by atomic mass is 10.1. The lowest BCUT2D eigenvalue weighted by Crippen LogP contribution is -2.37. The van der Waals surface area contributed by atoms with Crippen LogP contribution in [0.15, 0.2) is 29.3 Å². The lowest BCUT2D eigenvalue weighted by molar-refractivity contribution is 0.458. The summed E-state index contributed by atoms with van der Waals surface area (Å²) < 4.78 is 0. The first-order chi connectivity index (χ1) is 8.19. The zero-order valence-corrected chi connectivity index (χ0v) is 11.2. The van der Waals surface area contributed by atoms with E-state index in [2.05, 4.69) is 18.8 Å². The van der Waals surface area contributed by atoms with Gasteiger partial charge in [-0.25, -0.2) is 0 Å². The van der Waals surface area contributed by atoms with Crippen LogP contribution in [0.25, 0.3) is 0 Å². The minimum atomic E-state index is 0.613. The highest BCUT2D eigenvalue weighted by atomic mass is 35.5. The molecule has 0 aliphatic heterocycles. The van der Waals surface area contributed by atoms with Crippen LogP contribution in [-0.2, 0) is 6.42 Å². The topological polar surface area (TPSA) is 41.6 Å². The van der Waals surface area contributed by atoms with Gasteiger partial charge in [-0.15, -0.1) is 0 Å². The van der Waals surface area contributed by atoms with Gasteiger partial charge in [0.1, 0.15) is 0 Å². The molecule has 0 heterocycles. The summed E-state index contributed by atoms with van der Waals surface area (Å²) in [6.45, 7) is 6.59. The molecule has 0 fully saturated rings. The van der Waals surface area contributed by atoms with Gasteiger partial charge >= 0.3 is 0 Å². The number of aliphatic imine (C=N–C) groups is 1. The molecule has 0 aliphatic rings. The van der Waals surface area contributed by atoms with Crippen molar-refractivity contribution in [3.8, 4) is 0 Å². The fourth-order valence-corrected chi connectivity index (χ4v) is 1.87. The van der Waals surface area contributed by atoms with Crippen molar-refractivity contribution >= 4 is 17.6 Å². The molecule has 3 nitrogen and oxygen atoms in total. The molecule has 0 atom stereocenters. The van der Waals surface area contributed by atoms with Crippen LogP contribution >= 0.6 is 11.6 Å². The summed E-state index contributed by atoms with van der Waals surface area (Å²) in [5.41, 5.74) is 7.00. The monoisotopic (exact) mass is 253 g/mol. The molecule has 0 aliphatic carbocycles. The Morgan fingerprint density at radius 1 is 1.29 bits per heavy atom. The maximum absolute atomic E-state index is 6.07. The molecular weight excluding hydrogens is 234 g/mol. The van der Waals surface area contributed by atoms with Gasteiger partial charge in [0.25, 0.3) is 0 Å². The first-order valence-corrected chi connectivity index (χ1v) is 6.35. The molecule has 1 rings (SSSR count). The van der Waals surface area contributed by atoms with Gasteiger partial charge in [0.05, 0.1) is 0 Å². The molecule has 2 N–H and O–H groups in total. The van der Waals surface area contributed by atoms with E-state index in [1.54, 1.807) is 0 Å². The van der Waals surface area contributed by atoms with Crippen molar-refractivity contribution in [2.45, 2.75) is 20.3 Å². The van der Waals surface area contributed by atoms with Crippen LogP contribution in [0, 0.1) is 0 Å². The largest absolute Gasteiger partial charge is 0.370 e. The van der Waals surface area contributed by atoms with Gasteiger partial charge in [0.15, 0.2) is 5.96 Å². The second-order valence-electron chi connectivity index (χ2n) is 3.75. The average Bonchev–Trinajstić information content (AvgIpc) is 2.33.